The number of thiocarbonyl (C=S) groups is 1. The van der Waals surface area contributed by atoms with Crippen LogP contribution in [-0.2, 0) is 0 Å². The minimum Gasteiger partial charge on any atom is -0.369 e. The topological polar surface area (TPSA) is 44.4 Å². The lowest BCUT2D eigenvalue weighted by molar-refractivity contribution is 0.0977. The van der Waals surface area contributed by atoms with Gasteiger partial charge in [0.25, 0.3) is 5.91 Å². The Hall–Kier alpha value is -1.38. The normalized spacial score (nSPS) is 14.0. The van der Waals surface area contributed by atoms with Gasteiger partial charge in [0.2, 0.25) is 0 Å². The zero-order valence-corrected chi connectivity index (χ0v) is 17.8. The van der Waals surface area contributed by atoms with Crippen LogP contribution in [0.5, 0.6) is 0 Å². The number of benzene rings is 2. The number of nitrogens with one attached hydrogen (secondary N) is 2. The Balaban J connectivity index is 1.72. The molecule has 1 saturated heterocycles. The standard InChI is InChI=1S/C19H19ClIN3OS/c20-15-5-4-6-16(17(15)24-11-2-1-3-12-24)22-19(26)23-18(25)13-7-9-14(21)10-8-13/h4-10H,1-3,11-12H2,(H2,22,23,25,26). The number of hydrogen-bond acceptors (Lipinski definition) is 3. The first kappa shape index (κ1) is 19.4. The number of carbonyl (C=O) groups is 1. The lowest BCUT2D eigenvalue weighted by Gasteiger charge is -2.31. The van der Waals surface area contributed by atoms with Crippen molar-refractivity contribution in [3.05, 3.63) is 56.6 Å². The van der Waals surface area contributed by atoms with Crippen LogP contribution in [0.3, 0.4) is 0 Å². The van der Waals surface area contributed by atoms with Crippen LogP contribution in [0.1, 0.15) is 29.6 Å². The van der Waals surface area contributed by atoms with E-state index in [1.807, 2.05) is 30.3 Å². The van der Waals surface area contributed by atoms with Crippen LogP contribution in [0.4, 0.5) is 11.4 Å². The summed E-state index contributed by atoms with van der Waals surface area (Å²) in [5.74, 6) is -0.236. The number of piperidine rings is 1. The van der Waals surface area contributed by atoms with E-state index in [1.54, 1.807) is 12.1 Å². The molecule has 0 radical (unpaired) electrons. The van der Waals surface area contributed by atoms with Gasteiger partial charge in [0.15, 0.2) is 5.11 Å². The largest absolute Gasteiger partial charge is 0.369 e. The van der Waals surface area contributed by atoms with Gasteiger partial charge >= 0.3 is 0 Å². The summed E-state index contributed by atoms with van der Waals surface area (Å²) in [6, 6.07) is 13.0. The second-order valence-corrected chi connectivity index (χ2v) is 8.16. The zero-order valence-electron chi connectivity index (χ0n) is 14.1. The van der Waals surface area contributed by atoms with E-state index in [1.165, 1.54) is 6.42 Å². The summed E-state index contributed by atoms with van der Waals surface area (Å²) in [4.78, 5) is 14.6. The molecule has 1 fully saturated rings. The van der Waals surface area contributed by atoms with Crippen molar-refractivity contribution < 1.29 is 4.79 Å². The van der Waals surface area contributed by atoms with Gasteiger partial charge in [-0.2, -0.15) is 0 Å². The molecule has 7 heteroatoms. The van der Waals surface area contributed by atoms with Gasteiger partial charge < -0.3 is 10.2 Å². The first-order valence-electron chi connectivity index (χ1n) is 8.46. The van der Waals surface area contributed by atoms with Gasteiger partial charge in [-0.05, 0) is 90.5 Å². The number of amides is 1. The monoisotopic (exact) mass is 499 g/mol. The molecule has 0 unspecified atom stereocenters. The molecule has 2 N–H and O–H groups in total. The molecule has 1 heterocycles. The summed E-state index contributed by atoms with van der Waals surface area (Å²) in [7, 11) is 0. The maximum atomic E-state index is 12.3. The number of hydrogen-bond donors (Lipinski definition) is 2. The predicted molar refractivity (Wildman–Crippen MR) is 120 cm³/mol. The van der Waals surface area contributed by atoms with Gasteiger partial charge in [-0.1, -0.05) is 17.7 Å². The Morgan fingerprint density at radius 2 is 1.77 bits per heavy atom. The molecule has 0 spiro atoms. The smallest absolute Gasteiger partial charge is 0.257 e. The van der Waals surface area contributed by atoms with E-state index < -0.39 is 0 Å². The van der Waals surface area contributed by atoms with Crippen molar-refractivity contribution in [1.29, 1.82) is 0 Å². The second-order valence-electron chi connectivity index (χ2n) is 6.10. The highest BCUT2D eigenvalue weighted by Crippen LogP contribution is 2.35. The Bertz CT molecular complexity index is 807. The maximum absolute atomic E-state index is 12.3. The number of carbonyl (C=O) groups excluding carboxylic acids is 1. The van der Waals surface area contributed by atoms with Crippen molar-refractivity contribution in [2.75, 3.05) is 23.3 Å². The average Bonchev–Trinajstić information content (AvgIpc) is 2.63. The van der Waals surface area contributed by atoms with Gasteiger partial charge in [0.1, 0.15) is 0 Å². The molecule has 0 saturated carbocycles. The number of nitrogens with zero attached hydrogens (tertiary/aromatic N) is 1. The second kappa shape index (κ2) is 9.01. The molecule has 0 aromatic heterocycles. The van der Waals surface area contributed by atoms with Crippen LogP contribution in [0.2, 0.25) is 5.02 Å². The lowest BCUT2D eigenvalue weighted by atomic mass is 10.1. The Morgan fingerprint density at radius 3 is 2.46 bits per heavy atom. The van der Waals surface area contributed by atoms with Crippen LogP contribution in [0, 0.1) is 3.57 Å². The summed E-state index contributed by atoms with van der Waals surface area (Å²) < 4.78 is 1.07. The highest BCUT2D eigenvalue weighted by atomic mass is 127. The third kappa shape index (κ3) is 4.86. The minimum absolute atomic E-state index is 0.236. The highest BCUT2D eigenvalue weighted by Gasteiger charge is 2.18. The minimum atomic E-state index is -0.236. The van der Waals surface area contributed by atoms with E-state index in [0.717, 1.165) is 40.9 Å². The number of para-hydroxylation sites is 1. The summed E-state index contributed by atoms with van der Waals surface area (Å²) in [6.07, 6.45) is 3.55. The summed E-state index contributed by atoms with van der Waals surface area (Å²) >= 11 is 14.0. The Morgan fingerprint density at radius 1 is 1.08 bits per heavy atom. The molecule has 2 aromatic carbocycles. The van der Waals surface area contributed by atoms with Crippen molar-refractivity contribution in [1.82, 2.24) is 5.32 Å². The Labute approximate surface area is 177 Å². The first-order valence-corrected chi connectivity index (χ1v) is 10.3. The SMILES string of the molecule is O=C(NC(=S)Nc1cccc(Cl)c1N1CCCCC1)c1ccc(I)cc1. The molecule has 1 amide bonds. The molecule has 1 aliphatic rings. The van der Waals surface area contributed by atoms with E-state index in [2.05, 4.69) is 38.1 Å². The van der Waals surface area contributed by atoms with Gasteiger partial charge in [0.05, 0.1) is 16.4 Å². The third-order valence-electron chi connectivity index (χ3n) is 4.24. The molecule has 136 valence electrons. The molecule has 26 heavy (non-hydrogen) atoms. The van der Waals surface area contributed by atoms with Crippen LogP contribution >= 0.6 is 46.4 Å². The molecular weight excluding hydrogens is 481 g/mol. The van der Waals surface area contributed by atoms with Crippen LogP contribution in [-0.4, -0.2) is 24.1 Å². The number of anilines is 2. The Kier molecular flexibility index (Phi) is 6.72. The van der Waals surface area contributed by atoms with E-state index in [-0.39, 0.29) is 11.0 Å². The van der Waals surface area contributed by atoms with Crippen LogP contribution < -0.4 is 15.5 Å². The van der Waals surface area contributed by atoms with E-state index >= 15 is 0 Å². The average molecular weight is 500 g/mol. The van der Waals surface area contributed by atoms with Crippen molar-refractivity contribution in [3.63, 3.8) is 0 Å². The molecular formula is C19H19ClIN3OS. The molecule has 1 aliphatic heterocycles. The highest BCUT2D eigenvalue weighted by molar-refractivity contribution is 14.1. The molecule has 0 bridgehead atoms. The van der Waals surface area contributed by atoms with Gasteiger partial charge in [-0.25, -0.2) is 0 Å². The number of halogens is 2. The molecule has 2 aromatic rings. The van der Waals surface area contributed by atoms with Crippen molar-refractivity contribution in [2.24, 2.45) is 0 Å². The van der Waals surface area contributed by atoms with Gasteiger partial charge in [-0.15, -0.1) is 0 Å². The van der Waals surface area contributed by atoms with E-state index in [4.69, 9.17) is 23.8 Å². The fraction of sp³-hybridized carbons (Fsp3) is 0.263. The fourth-order valence-electron chi connectivity index (χ4n) is 2.99. The van der Waals surface area contributed by atoms with Crippen LogP contribution in [0.25, 0.3) is 0 Å². The maximum Gasteiger partial charge on any atom is 0.257 e. The molecule has 3 rings (SSSR count). The third-order valence-corrected chi connectivity index (χ3v) is 5.47. The van der Waals surface area contributed by atoms with Crippen LogP contribution in [0.15, 0.2) is 42.5 Å². The molecule has 0 aliphatic carbocycles. The molecule has 0 atom stereocenters. The summed E-state index contributed by atoms with van der Waals surface area (Å²) in [5, 5.41) is 6.81. The van der Waals surface area contributed by atoms with Crippen molar-refractivity contribution >= 4 is 68.8 Å². The van der Waals surface area contributed by atoms with Crippen molar-refractivity contribution in [3.8, 4) is 0 Å². The van der Waals surface area contributed by atoms with E-state index in [0.29, 0.717) is 10.6 Å². The van der Waals surface area contributed by atoms with Crippen molar-refractivity contribution in [2.45, 2.75) is 19.3 Å². The molecule has 4 nitrogen and oxygen atoms in total. The lowest BCUT2D eigenvalue weighted by Crippen LogP contribution is -2.35. The quantitative estimate of drug-likeness (QED) is 0.458. The summed E-state index contributed by atoms with van der Waals surface area (Å²) in [5.41, 5.74) is 2.32. The predicted octanol–water partition coefficient (Wildman–Crippen LogP) is 5.06. The van der Waals surface area contributed by atoms with E-state index in [9.17, 15) is 4.79 Å². The van der Waals surface area contributed by atoms with Gasteiger partial charge in [-0.3, -0.25) is 10.1 Å². The van der Waals surface area contributed by atoms with Gasteiger partial charge in [0, 0.05) is 22.2 Å². The fourth-order valence-corrected chi connectivity index (χ4v) is 3.84. The zero-order chi connectivity index (χ0) is 18.5. The summed E-state index contributed by atoms with van der Waals surface area (Å²) in [6.45, 7) is 1.94. The number of rotatable bonds is 3. The first-order chi connectivity index (χ1) is 12.5.